The molecule has 0 aromatic heterocycles. The fraction of sp³-hybridized carbons (Fsp3) is 0.300. The van der Waals surface area contributed by atoms with Crippen LogP contribution in [0.2, 0.25) is 0 Å². The zero-order chi connectivity index (χ0) is 12.3. The number of rotatable bonds is 1. The van der Waals surface area contributed by atoms with Crippen molar-refractivity contribution in [3.8, 4) is 18.2 Å². The van der Waals surface area contributed by atoms with Gasteiger partial charge in [-0.05, 0) is 0 Å². The summed E-state index contributed by atoms with van der Waals surface area (Å²) in [5, 5.41) is 26.5. The molecule has 0 saturated heterocycles. The average molecular weight is 216 g/mol. The molecule has 1 rings (SSSR count). The first-order valence-electron chi connectivity index (χ1n) is 4.23. The van der Waals surface area contributed by atoms with Crippen molar-refractivity contribution in [3.63, 3.8) is 0 Å². The minimum atomic E-state index is -1.37. The van der Waals surface area contributed by atoms with Gasteiger partial charge in [-0.1, -0.05) is 0 Å². The van der Waals surface area contributed by atoms with E-state index in [4.69, 9.17) is 31.0 Å². The molecule has 1 atom stereocenters. The van der Waals surface area contributed by atoms with Crippen molar-refractivity contribution in [2.45, 2.75) is 12.7 Å². The highest BCUT2D eigenvalue weighted by molar-refractivity contribution is 5.59. The second-order valence-electron chi connectivity index (χ2n) is 3.08. The molecule has 1 aliphatic rings. The zero-order valence-corrected chi connectivity index (χ0v) is 8.74. The number of nitrogens with two attached hydrogens (primary N) is 1. The van der Waals surface area contributed by atoms with Crippen molar-refractivity contribution in [1.29, 1.82) is 15.8 Å². The Morgan fingerprint density at radius 2 is 1.94 bits per heavy atom. The van der Waals surface area contributed by atoms with Gasteiger partial charge < -0.3 is 15.2 Å². The first-order valence-corrected chi connectivity index (χ1v) is 4.23. The summed E-state index contributed by atoms with van der Waals surface area (Å²) in [6.07, 6.45) is 0. The van der Waals surface area contributed by atoms with Gasteiger partial charge in [0.25, 0.3) is 0 Å². The molecule has 2 N–H and O–H groups in total. The molecule has 80 valence electrons. The Bertz CT molecular complexity index is 496. The summed E-state index contributed by atoms with van der Waals surface area (Å²) in [4.78, 5) is 0. The van der Waals surface area contributed by atoms with Crippen molar-refractivity contribution in [3.05, 3.63) is 22.6 Å². The second kappa shape index (κ2) is 3.94. The molecule has 0 fully saturated rings. The second-order valence-corrected chi connectivity index (χ2v) is 3.08. The van der Waals surface area contributed by atoms with Crippen LogP contribution >= 0.6 is 0 Å². The lowest BCUT2D eigenvalue weighted by Crippen LogP contribution is -2.30. The summed E-state index contributed by atoms with van der Waals surface area (Å²) in [6.45, 7) is 1.48. The third-order valence-electron chi connectivity index (χ3n) is 2.23. The van der Waals surface area contributed by atoms with Crippen LogP contribution in [-0.2, 0) is 9.47 Å². The summed E-state index contributed by atoms with van der Waals surface area (Å²) in [6, 6.07) is 5.16. The van der Waals surface area contributed by atoms with E-state index in [9.17, 15) is 0 Å². The Labute approximate surface area is 92.4 Å². The fourth-order valence-electron chi connectivity index (χ4n) is 1.41. The summed E-state index contributed by atoms with van der Waals surface area (Å²) in [7, 11) is 1.33. The monoisotopic (exact) mass is 216 g/mol. The molecule has 0 saturated carbocycles. The lowest BCUT2D eigenvalue weighted by Gasteiger charge is -2.23. The highest BCUT2D eigenvalue weighted by atomic mass is 16.7. The molecule has 1 heterocycles. The third kappa shape index (κ3) is 1.46. The number of allylic oxidation sites excluding steroid dienone is 1. The molecule has 0 amide bonds. The summed E-state index contributed by atoms with van der Waals surface area (Å²) in [5.41, 5.74) is 5.26. The van der Waals surface area contributed by atoms with Gasteiger partial charge in [0.05, 0.1) is 5.57 Å². The van der Waals surface area contributed by atoms with Crippen LogP contribution in [0.3, 0.4) is 0 Å². The molecule has 0 aromatic rings. The zero-order valence-electron chi connectivity index (χ0n) is 8.74. The molecular weight excluding hydrogens is 208 g/mol. The maximum Gasteiger partial charge on any atom is 0.239 e. The average Bonchev–Trinajstić information content (AvgIpc) is 2.53. The van der Waals surface area contributed by atoms with Crippen molar-refractivity contribution >= 4 is 0 Å². The minimum Gasteiger partial charge on any atom is -0.442 e. The van der Waals surface area contributed by atoms with Gasteiger partial charge in [0.15, 0.2) is 0 Å². The lowest BCUT2D eigenvalue weighted by atomic mass is 9.97. The van der Waals surface area contributed by atoms with Crippen molar-refractivity contribution in [1.82, 2.24) is 0 Å². The van der Waals surface area contributed by atoms with E-state index in [2.05, 4.69) is 0 Å². The normalized spacial score (nSPS) is 23.1. The number of hydrogen-bond donors (Lipinski definition) is 1. The van der Waals surface area contributed by atoms with Crippen LogP contribution in [0.4, 0.5) is 0 Å². The molecule has 6 nitrogen and oxygen atoms in total. The van der Waals surface area contributed by atoms with Gasteiger partial charge in [0, 0.05) is 14.0 Å². The highest BCUT2D eigenvalue weighted by Crippen LogP contribution is 2.39. The van der Waals surface area contributed by atoms with Gasteiger partial charge in [0.2, 0.25) is 11.7 Å². The fourth-order valence-corrected chi connectivity index (χ4v) is 1.41. The van der Waals surface area contributed by atoms with Crippen LogP contribution < -0.4 is 5.73 Å². The Balaban J connectivity index is 3.55. The predicted molar refractivity (Wildman–Crippen MR) is 51.6 cm³/mol. The Hall–Kier alpha value is -2.49. The van der Waals surface area contributed by atoms with Crippen LogP contribution in [0.25, 0.3) is 0 Å². The SMILES string of the molecule is CO[C@]1(C)OC(N)=C(C#N)C1=C(C#N)C#N. The van der Waals surface area contributed by atoms with E-state index in [1.54, 1.807) is 18.2 Å². The molecule has 6 heteroatoms. The molecule has 0 unspecified atom stereocenters. The van der Waals surface area contributed by atoms with Crippen molar-refractivity contribution in [2.75, 3.05) is 7.11 Å². The van der Waals surface area contributed by atoms with E-state index in [1.165, 1.54) is 14.0 Å². The van der Waals surface area contributed by atoms with E-state index < -0.39 is 5.79 Å². The molecule has 0 bridgehead atoms. The molecule has 16 heavy (non-hydrogen) atoms. The van der Waals surface area contributed by atoms with Crippen LogP contribution in [0.1, 0.15) is 6.92 Å². The molecule has 1 aliphatic heterocycles. The third-order valence-corrected chi connectivity index (χ3v) is 2.23. The number of nitriles is 3. The summed E-state index contributed by atoms with van der Waals surface area (Å²) >= 11 is 0. The van der Waals surface area contributed by atoms with Gasteiger partial charge in [-0.25, -0.2) is 0 Å². The summed E-state index contributed by atoms with van der Waals surface area (Å²) in [5.74, 6) is -1.51. The number of ether oxygens (including phenoxy) is 2. The number of methoxy groups -OCH3 is 1. The van der Waals surface area contributed by atoms with Crippen LogP contribution in [-0.4, -0.2) is 12.9 Å². The van der Waals surface area contributed by atoms with E-state index in [0.29, 0.717) is 0 Å². The topological polar surface area (TPSA) is 116 Å². The molecule has 0 spiro atoms. The van der Waals surface area contributed by atoms with Gasteiger partial charge in [-0.2, -0.15) is 15.8 Å². The smallest absolute Gasteiger partial charge is 0.239 e. The Morgan fingerprint density at radius 3 is 2.31 bits per heavy atom. The summed E-state index contributed by atoms with van der Waals surface area (Å²) < 4.78 is 10.2. The van der Waals surface area contributed by atoms with E-state index >= 15 is 0 Å². The standard InChI is InChI=1S/C10H8N4O2/c1-10(15-2)8(6(3-11)4-12)7(5-13)9(14)16-10/h14H2,1-2H3/t10-/m1/s1. The van der Waals surface area contributed by atoms with E-state index in [1.807, 2.05) is 0 Å². The molecular formula is C10H8N4O2. The van der Waals surface area contributed by atoms with Crippen molar-refractivity contribution in [2.24, 2.45) is 5.73 Å². The predicted octanol–water partition coefficient (Wildman–Crippen LogP) is 0.417. The minimum absolute atomic E-state index is 0.0394. The van der Waals surface area contributed by atoms with Crippen LogP contribution in [0.5, 0.6) is 0 Å². The maximum atomic E-state index is 8.90. The number of hydrogen-bond acceptors (Lipinski definition) is 6. The van der Waals surface area contributed by atoms with Crippen molar-refractivity contribution < 1.29 is 9.47 Å². The number of nitrogens with zero attached hydrogens (tertiary/aromatic N) is 3. The molecule has 0 radical (unpaired) electrons. The van der Waals surface area contributed by atoms with Crippen LogP contribution in [0, 0.1) is 34.0 Å². The largest absolute Gasteiger partial charge is 0.442 e. The quantitative estimate of drug-likeness (QED) is 0.635. The highest BCUT2D eigenvalue weighted by Gasteiger charge is 2.44. The van der Waals surface area contributed by atoms with Gasteiger partial charge >= 0.3 is 0 Å². The van der Waals surface area contributed by atoms with Gasteiger partial charge in [-0.3, -0.25) is 0 Å². The van der Waals surface area contributed by atoms with Gasteiger partial charge in [0.1, 0.15) is 29.4 Å². The van der Waals surface area contributed by atoms with Crippen LogP contribution in [0.15, 0.2) is 22.6 Å². The molecule has 0 aromatic carbocycles. The van der Waals surface area contributed by atoms with Gasteiger partial charge in [-0.15, -0.1) is 0 Å². The lowest BCUT2D eigenvalue weighted by molar-refractivity contribution is -0.145. The molecule has 0 aliphatic carbocycles. The first-order chi connectivity index (χ1) is 7.53. The Kier molecular flexibility index (Phi) is 2.85. The Morgan fingerprint density at radius 1 is 1.38 bits per heavy atom. The van der Waals surface area contributed by atoms with E-state index in [-0.39, 0.29) is 22.6 Å². The first kappa shape index (κ1) is 11.6. The maximum absolute atomic E-state index is 8.90. The van der Waals surface area contributed by atoms with E-state index in [0.717, 1.165) is 0 Å².